The third kappa shape index (κ3) is 5.72. The molecular weight excluding hydrogens is 272 g/mol. The Hall–Kier alpha value is -0.760. The molecule has 0 aliphatic carbocycles. The van der Waals surface area contributed by atoms with Crippen LogP contribution in [0.4, 0.5) is 5.69 Å². The van der Waals surface area contributed by atoms with Crippen molar-refractivity contribution in [3.05, 3.63) is 24.3 Å². The Kier molecular flexibility index (Phi) is 6.48. The lowest BCUT2D eigenvalue weighted by molar-refractivity contribution is 0.157. The molecule has 0 radical (unpaired) electrons. The summed E-state index contributed by atoms with van der Waals surface area (Å²) < 4.78 is 31.0. The zero-order chi connectivity index (χ0) is 13.4. The molecule has 0 saturated heterocycles. The fraction of sp³-hybridized carbons (Fsp3) is 0.455. The Balaban J connectivity index is 2.53. The van der Waals surface area contributed by atoms with Gasteiger partial charge in [-0.1, -0.05) is 6.07 Å². The van der Waals surface area contributed by atoms with Crippen LogP contribution in [0.3, 0.4) is 0 Å². The summed E-state index contributed by atoms with van der Waals surface area (Å²) in [5, 5.41) is 0. The van der Waals surface area contributed by atoms with Gasteiger partial charge in [0, 0.05) is 17.1 Å². The van der Waals surface area contributed by atoms with Crippen molar-refractivity contribution in [1.82, 2.24) is 0 Å². The summed E-state index contributed by atoms with van der Waals surface area (Å²) in [7, 11) is -3.37. The predicted octanol–water partition coefficient (Wildman–Crippen LogP) is 1.13. The van der Waals surface area contributed by atoms with Gasteiger partial charge in [0.25, 0.3) is 0 Å². The molecule has 18 heavy (non-hydrogen) atoms. The quantitative estimate of drug-likeness (QED) is 0.554. The van der Waals surface area contributed by atoms with Gasteiger partial charge >= 0.3 is 0 Å². The van der Waals surface area contributed by atoms with Crippen LogP contribution in [-0.4, -0.2) is 40.2 Å². The summed E-state index contributed by atoms with van der Waals surface area (Å²) in [6.45, 7) is 0.912. The van der Waals surface area contributed by atoms with Crippen LogP contribution in [0, 0.1) is 0 Å². The fourth-order valence-corrected chi connectivity index (χ4v) is 2.66. The first-order valence-corrected chi connectivity index (χ1v) is 8.37. The molecule has 0 fully saturated rings. The second-order valence-corrected chi connectivity index (χ2v) is 6.28. The molecule has 1 rings (SSSR count). The summed E-state index contributed by atoms with van der Waals surface area (Å²) in [6, 6.07) is 7.25. The number of hydrogen-bond acceptors (Lipinski definition) is 5. The minimum absolute atomic E-state index is 0.0729. The SMILES string of the molecule is CSc1cccc(NS(=O)(=O)CCOCCN)c1. The number of ether oxygens (including phenoxy) is 1. The van der Waals surface area contributed by atoms with E-state index in [1.807, 2.05) is 18.4 Å². The largest absolute Gasteiger partial charge is 0.379 e. The molecule has 1 aromatic rings. The van der Waals surface area contributed by atoms with E-state index in [4.69, 9.17) is 10.5 Å². The highest BCUT2D eigenvalue weighted by Gasteiger charge is 2.10. The third-order valence-electron chi connectivity index (χ3n) is 2.10. The Morgan fingerprint density at radius 3 is 2.83 bits per heavy atom. The lowest BCUT2D eigenvalue weighted by Crippen LogP contribution is -2.21. The second kappa shape index (κ2) is 7.63. The van der Waals surface area contributed by atoms with Crippen LogP contribution in [0.5, 0.6) is 0 Å². The van der Waals surface area contributed by atoms with Crippen molar-refractivity contribution in [2.45, 2.75) is 4.90 Å². The van der Waals surface area contributed by atoms with Gasteiger partial charge in [0.1, 0.15) is 0 Å². The zero-order valence-corrected chi connectivity index (χ0v) is 11.9. The molecule has 1 aromatic carbocycles. The summed E-state index contributed by atoms with van der Waals surface area (Å²) in [5.74, 6) is -0.0729. The van der Waals surface area contributed by atoms with E-state index in [0.29, 0.717) is 18.8 Å². The van der Waals surface area contributed by atoms with E-state index in [1.54, 1.807) is 23.9 Å². The van der Waals surface area contributed by atoms with E-state index < -0.39 is 10.0 Å². The van der Waals surface area contributed by atoms with E-state index in [-0.39, 0.29) is 12.4 Å². The van der Waals surface area contributed by atoms with Crippen LogP contribution in [0.25, 0.3) is 0 Å². The number of rotatable bonds is 8. The molecule has 0 saturated carbocycles. The average molecular weight is 290 g/mol. The fourth-order valence-electron chi connectivity index (χ4n) is 1.27. The second-order valence-electron chi connectivity index (χ2n) is 3.55. The highest BCUT2D eigenvalue weighted by molar-refractivity contribution is 7.98. The van der Waals surface area contributed by atoms with Gasteiger partial charge < -0.3 is 10.5 Å². The third-order valence-corrected chi connectivity index (χ3v) is 4.08. The highest BCUT2D eigenvalue weighted by atomic mass is 32.2. The number of hydrogen-bond donors (Lipinski definition) is 2. The molecular formula is C11H18N2O3S2. The van der Waals surface area contributed by atoms with Crippen molar-refractivity contribution >= 4 is 27.5 Å². The molecule has 0 bridgehead atoms. The van der Waals surface area contributed by atoms with Crippen molar-refractivity contribution < 1.29 is 13.2 Å². The first-order valence-electron chi connectivity index (χ1n) is 5.50. The van der Waals surface area contributed by atoms with Crippen LogP contribution in [0.15, 0.2) is 29.2 Å². The van der Waals surface area contributed by atoms with Crippen molar-refractivity contribution in [2.24, 2.45) is 5.73 Å². The Morgan fingerprint density at radius 2 is 2.17 bits per heavy atom. The number of sulfonamides is 1. The maximum Gasteiger partial charge on any atom is 0.235 e. The lowest BCUT2D eigenvalue weighted by Gasteiger charge is -2.09. The monoisotopic (exact) mass is 290 g/mol. The summed E-state index contributed by atoms with van der Waals surface area (Å²) in [4.78, 5) is 1.01. The molecule has 0 spiro atoms. The van der Waals surface area contributed by atoms with Gasteiger partial charge in [-0.3, -0.25) is 4.72 Å². The minimum Gasteiger partial charge on any atom is -0.379 e. The van der Waals surface area contributed by atoms with Gasteiger partial charge in [0.05, 0.1) is 19.0 Å². The zero-order valence-electron chi connectivity index (χ0n) is 10.3. The van der Waals surface area contributed by atoms with Crippen LogP contribution >= 0.6 is 11.8 Å². The first kappa shape index (κ1) is 15.3. The maximum atomic E-state index is 11.7. The Bertz CT molecular complexity index is 463. The van der Waals surface area contributed by atoms with Gasteiger partial charge in [-0.25, -0.2) is 8.42 Å². The number of benzene rings is 1. The van der Waals surface area contributed by atoms with Gasteiger partial charge in [-0.15, -0.1) is 11.8 Å². The molecule has 0 aromatic heterocycles. The van der Waals surface area contributed by atoms with Crippen molar-refractivity contribution in [3.8, 4) is 0 Å². The van der Waals surface area contributed by atoms with Gasteiger partial charge in [-0.05, 0) is 24.5 Å². The molecule has 0 unspecified atom stereocenters. The topological polar surface area (TPSA) is 81.4 Å². The molecule has 5 nitrogen and oxygen atoms in total. The van der Waals surface area contributed by atoms with Gasteiger partial charge in [0.15, 0.2) is 0 Å². The molecule has 3 N–H and O–H groups in total. The first-order chi connectivity index (χ1) is 8.57. The average Bonchev–Trinajstić information content (AvgIpc) is 2.34. The molecule has 0 amide bonds. The number of thioether (sulfide) groups is 1. The smallest absolute Gasteiger partial charge is 0.235 e. The summed E-state index contributed by atoms with van der Waals surface area (Å²) >= 11 is 1.56. The van der Waals surface area contributed by atoms with Crippen LogP contribution in [0.1, 0.15) is 0 Å². The number of nitrogens with two attached hydrogens (primary N) is 1. The van der Waals surface area contributed by atoms with E-state index in [1.165, 1.54) is 0 Å². The highest BCUT2D eigenvalue weighted by Crippen LogP contribution is 2.19. The molecule has 0 aliphatic rings. The maximum absolute atomic E-state index is 11.7. The lowest BCUT2D eigenvalue weighted by atomic mass is 10.3. The minimum atomic E-state index is -3.37. The number of anilines is 1. The molecule has 7 heteroatoms. The molecule has 0 aliphatic heterocycles. The van der Waals surface area contributed by atoms with E-state index in [2.05, 4.69) is 4.72 Å². The molecule has 102 valence electrons. The molecule has 0 heterocycles. The predicted molar refractivity (Wildman–Crippen MR) is 75.5 cm³/mol. The summed E-state index contributed by atoms with van der Waals surface area (Å²) in [5.41, 5.74) is 5.81. The van der Waals surface area contributed by atoms with Crippen molar-refractivity contribution in [2.75, 3.05) is 36.5 Å². The van der Waals surface area contributed by atoms with Gasteiger partial charge in [-0.2, -0.15) is 0 Å². The Morgan fingerprint density at radius 1 is 1.39 bits per heavy atom. The van der Waals surface area contributed by atoms with Crippen LogP contribution in [-0.2, 0) is 14.8 Å². The van der Waals surface area contributed by atoms with E-state index in [0.717, 1.165) is 4.90 Å². The Labute approximate surface area is 112 Å². The van der Waals surface area contributed by atoms with E-state index >= 15 is 0 Å². The van der Waals surface area contributed by atoms with Crippen LogP contribution in [0.2, 0.25) is 0 Å². The van der Waals surface area contributed by atoms with Crippen molar-refractivity contribution in [1.29, 1.82) is 0 Å². The van der Waals surface area contributed by atoms with Gasteiger partial charge in [0.2, 0.25) is 10.0 Å². The standard InChI is InChI=1S/C11H18N2O3S2/c1-17-11-4-2-3-10(9-11)13-18(14,15)8-7-16-6-5-12/h2-4,9,13H,5-8,12H2,1H3. The summed E-state index contributed by atoms with van der Waals surface area (Å²) in [6.07, 6.45) is 1.94. The van der Waals surface area contributed by atoms with Crippen LogP contribution < -0.4 is 10.5 Å². The molecule has 0 atom stereocenters. The van der Waals surface area contributed by atoms with E-state index in [9.17, 15) is 8.42 Å². The number of nitrogens with one attached hydrogen (secondary N) is 1. The normalized spacial score (nSPS) is 11.4. The van der Waals surface area contributed by atoms with Crippen molar-refractivity contribution in [3.63, 3.8) is 0 Å².